The number of fused-ring (bicyclic) bond motifs is 1. The fourth-order valence-electron chi connectivity index (χ4n) is 2.25. The van der Waals surface area contributed by atoms with Crippen LogP contribution in [-0.2, 0) is 9.47 Å². The van der Waals surface area contributed by atoms with E-state index in [4.69, 9.17) is 0 Å². The molecule has 0 aliphatic rings. The van der Waals surface area contributed by atoms with E-state index in [1.165, 1.54) is 31.0 Å². The highest BCUT2D eigenvalue weighted by Crippen LogP contribution is 2.16. The lowest BCUT2D eigenvalue weighted by atomic mass is 10.1. The summed E-state index contributed by atoms with van der Waals surface area (Å²) in [6.45, 7) is 0. The van der Waals surface area contributed by atoms with Crippen molar-refractivity contribution in [3.05, 3.63) is 58.0 Å². The van der Waals surface area contributed by atoms with Crippen LogP contribution < -0.4 is 5.56 Å². The van der Waals surface area contributed by atoms with E-state index in [1.54, 1.807) is 24.3 Å². The van der Waals surface area contributed by atoms with Crippen molar-refractivity contribution in [1.29, 1.82) is 0 Å². The highest BCUT2D eigenvalue weighted by Gasteiger charge is 2.13. The van der Waals surface area contributed by atoms with Crippen molar-refractivity contribution in [2.75, 3.05) is 14.2 Å². The zero-order valence-electron chi connectivity index (χ0n) is 12.9. The first-order chi connectivity index (χ1) is 11.5. The molecule has 1 N–H and O–H groups in total. The van der Waals surface area contributed by atoms with Crippen LogP contribution in [0, 0.1) is 0 Å². The molecule has 0 fully saturated rings. The molecule has 2 heterocycles. The molecule has 0 amide bonds. The van der Waals surface area contributed by atoms with Crippen LogP contribution >= 0.6 is 0 Å². The van der Waals surface area contributed by atoms with E-state index in [-0.39, 0.29) is 11.1 Å². The Hall–Kier alpha value is -3.42. The van der Waals surface area contributed by atoms with Gasteiger partial charge in [0.05, 0.1) is 25.3 Å². The number of nitrogens with one attached hydrogen (secondary N) is 1. The molecule has 0 saturated carbocycles. The highest BCUT2D eigenvalue weighted by molar-refractivity contribution is 5.91. The Bertz CT molecular complexity index is 985. The third kappa shape index (κ3) is 2.65. The molecule has 2 aromatic heterocycles. The fourth-order valence-corrected chi connectivity index (χ4v) is 2.25. The van der Waals surface area contributed by atoms with Crippen LogP contribution in [0.5, 0.6) is 0 Å². The van der Waals surface area contributed by atoms with Crippen molar-refractivity contribution < 1.29 is 19.1 Å². The molecule has 3 aromatic rings. The van der Waals surface area contributed by atoms with Crippen molar-refractivity contribution in [3.8, 4) is 11.4 Å². The molecule has 8 nitrogen and oxygen atoms in total. The van der Waals surface area contributed by atoms with Crippen LogP contribution in [0.2, 0.25) is 0 Å². The van der Waals surface area contributed by atoms with Crippen molar-refractivity contribution in [2.24, 2.45) is 0 Å². The summed E-state index contributed by atoms with van der Waals surface area (Å²) in [5, 5.41) is 4.28. The van der Waals surface area contributed by atoms with Crippen molar-refractivity contribution in [2.45, 2.75) is 0 Å². The van der Waals surface area contributed by atoms with Crippen LogP contribution in [0.1, 0.15) is 20.7 Å². The summed E-state index contributed by atoms with van der Waals surface area (Å²) >= 11 is 0. The number of methoxy groups -OCH3 is 2. The monoisotopic (exact) mass is 327 g/mol. The topological polar surface area (TPSA) is 103 Å². The van der Waals surface area contributed by atoms with Gasteiger partial charge >= 0.3 is 11.9 Å². The number of hydrogen-bond donors (Lipinski definition) is 1. The number of benzene rings is 1. The van der Waals surface area contributed by atoms with Crippen LogP contribution in [0.3, 0.4) is 0 Å². The number of esters is 2. The van der Waals surface area contributed by atoms with E-state index in [1.807, 2.05) is 0 Å². The van der Waals surface area contributed by atoms with Crippen molar-refractivity contribution >= 4 is 17.5 Å². The number of aromatic nitrogens is 3. The van der Waals surface area contributed by atoms with Crippen LogP contribution in [0.4, 0.5) is 0 Å². The molecule has 0 bridgehead atoms. The molecule has 0 aliphatic carbocycles. The van der Waals surface area contributed by atoms with E-state index in [0.29, 0.717) is 17.0 Å². The third-order valence-corrected chi connectivity index (χ3v) is 3.47. The molecule has 0 spiro atoms. The lowest BCUT2D eigenvalue weighted by molar-refractivity contribution is 0.0592. The summed E-state index contributed by atoms with van der Waals surface area (Å²) in [5.74, 6) is -0.702. The maximum Gasteiger partial charge on any atom is 0.339 e. The minimum absolute atomic E-state index is 0.227. The first-order valence-corrected chi connectivity index (χ1v) is 6.93. The summed E-state index contributed by atoms with van der Waals surface area (Å²) in [6, 6.07) is 7.83. The Morgan fingerprint density at radius 1 is 1.04 bits per heavy atom. The van der Waals surface area contributed by atoms with E-state index in [0.717, 1.165) is 0 Å². The molecular weight excluding hydrogens is 314 g/mol. The predicted octanol–water partition coefficient (Wildman–Crippen LogP) is 1.26. The Labute approximate surface area is 135 Å². The molecule has 0 radical (unpaired) electrons. The maximum atomic E-state index is 12.2. The van der Waals surface area contributed by atoms with Gasteiger partial charge in [0.2, 0.25) is 0 Å². The van der Waals surface area contributed by atoms with E-state index in [9.17, 15) is 14.4 Å². The molecule has 3 rings (SSSR count). The Kier molecular flexibility index (Phi) is 3.87. The Morgan fingerprint density at radius 3 is 2.29 bits per heavy atom. The molecule has 24 heavy (non-hydrogen) atoms. The van der Waals surface area contributed by atoms with Gasteiger partial charge in [-0.15, -0.1) is 5.10 Å². The molecule has 122 valence electrons. The Balaban J connectivity index is 2.05. The predicted molar refractivity (Wildman–Crippen MR) is 83.9 cm³/mol. The average Bonchev–Trinajstić information content (AvgIpc) is 3.05. The van der Waals surface area contributed by atoms with Crippen LogP contribution in [0.15, 0.2) is 41.3 Å². The Morgan fingerprint density at radius 2 is 1.67 bits per heavy atom. The van der Waals surface area contributed by atoms with Gasteiger partial charge in [-0.05, 0) is 18.2 Å². The number of H-pyrrole nitrogens is 1. The quantitative estimate of drug-likeness (QED) is 0.727. The normalized spacial score (nSPS) is 10.6. The number of ether oxygens (including phenoxy) is 2. The number of rotatable bonds is 3. The number of hydrogen-bond acceptors (Lipinski definition) is 6. The molecule has 1 aromatic carbocycles. The first-order valence-electron chi connectivity index (χ1n) is 6.93. The molecule has 8 heteroatoms. The van der Waals surface area contributed by atoms with Gasteiger partial charge in [0.1, 0.15) is 5.52 Å². The average molecular weight is 327 g/mol. The molecule has 0 saturated heterocycles. The fraction of sp³-hybridized carbons (Fsp3) is 0.125. The molecule has 0 unspecified atom stereocenters. The second-order valence-corrected chi connectivity index (χ2v) is 4.92. The second-order valence-electron chi connectivity index (χ2n) is 4.92. The lowest BCUT2D eigenvalue weighted by Gasteiger charge is -2.03. The summed E-state index contributed by atoms with van der Waals surface area (Å²) in [7, 11) is 2.56. The van der Waals surface area contributed by atoms with Gasteiger partial charge in [-0.3, -0.25) is 4.79 Å². The third-order valence-electron chi connectivity index (χ3n) is 3.47. The summed E-state index contributed by atoms with van der Waals surface area (Å²) in [4.78, 5) is 37.8. The second kappa shape index (κ2) is 5.99. The van der Waals surface area contributed by atoms with Crippen LogP contribution in [-0.4, -0.2) is 40.8 Å². The van der Waals surface area contributed by atoms with Gasteiger partial charge in [0, 0.05) is 11.8 Å². The molecular formula is C16H13N3O5. The summed E-state index contributed by atoms with van der Waals surface area (Å²) < 4.78 is 10.6. The number of nitrogens with zero attached hydrogens (tertiary/aromatic N) is 2. The van der Waals surface area contributed by atoms with Crippen LogP contribution in [0.25, 0.3) is 16.9 Å². The van der Waals surface area contributed by atoms with Crippen molar-refractivity contribution in [3.63, 3.8) is 0 Å². The van der Waals surface area contributed by atoms with Crippen molar-refractivity contribution in [1.82, 2.24) is 14.6 Å². The smallest absolute Gasteiger partial charge is 0.339 e. The van der Waals surface area contributed by atoms with E-state index < -0.39 is 17.5 Å². The number of carbonyl (C=O) groups is 2. The van der Waals surface area contributed by atoms with Gasteiger partial charge in [0.15, 0.2) is 5.82 Å². The SMILES string of the molecule is COC(=O)c1ccc(-c2nn3cc(C(=O)OC)cc3c(=O)[nH]2)cc1. The van der Waals surface area contributed by atoms with Gasteiger partial charge < -0.3 is 14.5 Å². The van der Waals surface area contributed by atoms with Gasteiger partial charge in [-0.1, -0.05) is 12.1 Å². The lowest BCUT2D eigenvalue weighted by Crippen LogP contribution is -2.13. The van der Waals surface area contributed by atoms with Gasteiger partial charge in [-0.25, -0.2) is 14.1 Å². The zero-order valence-corrected chi connectivity index (χ0v) is 12.9. The number of aromatic amines is 1. The van der Waals surface area contributed by atoms with E-state index >= 15 is 0 Å². The minimum atomic E-state index is -0.552. The van der Waals surface area contributed by atoms with E-state index in [2.05, 4.69) is 19.6 Å². The highest BCUT2D eigenvalue weighted by atomic mass is 16.5. The maximum absolute atomic E-state index is 12.2. The van der Waals surface area contributed by atoms with Gasteiger partial charge in [-0.2, -0.15) is 0 Å². The summed E-state index contributed by atoms with van der Waals surface area (Å²) in [6.07, 6.45) is 1.42. The molecule has 0 atom stereocenters. The largest absolute Gasteiger partial charge is 0.465 e. The minimum Gasteiger partial charge on any atom is -0.465 e. The zero-order chi connectivity index (χ0) is 17.3. The molecule has 0 aliphatic heterocycles. The standard InChI is InChI=1S/C16H13N3O5/c1-23-15(21)10-5-3-9(4-6-10)13-17-14(20)12-7-11(16(22)24-2)8-19(12)18-13/h3-8H,1-2H3,(H,17,18,20). The summed E-state index contributed by atoms with van der Waals surface area (Å²) in [5.41, 5.74) is 1.06. The number of carbonyl (C=O) groups excluding carboxylic acids is 2. The van der Waals surface area contributed by atoms with Gasteiger partial charge in [0.25, 0.3) is 5.56 Å². The first kappa shape index (κ1) is 15.5.